The highest BCUT2D eigenvalue weighted by atomic mass is 32.1. The molecule has 0 unspecified atom stereocenters. The minimum Gasteiger partial charge on any atom is -0.308 e. The van der Waals surface area contributed by atoms with E-state index in [1.807, 2.05) is 45.0 Å². The number of fused-ring (bicyclic) bond motifs is 1. The fourth-order valence-electron chi connectivity index (χ4n) is 2.72. The molecule has 0 aliphatic rings. The van der Waals surface area contributed by atoms with Crippen LogP contribution in [0, 0.1) is 25.5 Å². The zero-order valence-electron chi connectivity index (χ0n) is 15.7. The molecule has 2 aromatic carbocycles. The van der Waals surface area contributed by atoms with E-state index in [9.17, 15) is 13.6 Å². The number of aromatic nitrogens is 1. The third kappa shape index (κ3) is 3.99. The molecule has 27 heavy (non-hydrogen) atoms. The van der Waals surface area contributed by atoms with Gasteiger partial charge >= 0.3 is 0 Å². The van der Waals surface area contributed by atoms with Gasteiger partial charge < -0.3 is 4.90 Å². The molecule has 0 saturated carbocycles. The van der Waals surface area contributed by atoms with Gasteiger partial charge in [0.2, 0.25) is 0 Å². The van der Waals surface area contributed by atoms with Crippen LogP contribution in [-0.2, 0) is 0 Å². The summed E-state index contributed by atoms with van der Waals surface area (Å²) in [6.45, 7) is 4.94. The quantitative estimate of drug-likeness (QED) is 0.649. The smallest absolute Gasteiger partial charge is 0.263 e. The molecule has 0 aliphatic carbocycles. The SMILES string of the molecule is Cc1ccc2sc(N(CCN(C)C)C(=O)c3ccc(F)cc3F)nc2c1C. The molecule has 0 radical (unpaired) electrons. The Labute approximate surface area is 161 Å². The van der Waals surface area contributed by atoms with Crippen LogP contribution in [0.5, 0.6) is 0 Å². The van der Waals surface area contributed by atoms with Gasteiger partial charge in [-0.2, -0.15) is 0 Å². The number of nitrogens with zero attached hydrogens (tertiary/aromatic N) is 3. The van der Waals surface area contributed by atoms with Gasteiger partial charge in [-0.25, -0.2) is 13.8 Å². The first-order chi connectivity index (χ1) is 12.8. The van der Waals surface area contributed by atoms with Crippen LogP contribution in [0.25, 0.3) is 10.2 Å². The fraction of sp³-hybridized carbons (Fsp3) is 0.300. The average molecular weight is 389 g/mol. The summed E-state index contributed by atoms with van der Waals surface area (Å²) in [5.41, 5.74) is 2.86. The van der Waals surface area contributed by atoms with E-state index in [2.05, 4.69) is 4.98 Å². The van der Waals surface area contributed by atoms with Crippen molar-refractivity contribution in [2.45, 2.75) is 13.8 Å². The number of halogens is 2. The molecule has 1 amide bonds. The molecule has 0 bridgehead atoms. The molecule has 0 atom stereocenters. The summed E-state index contributed by atoms with van der Waals surface area (Å²) >= 11 is 1.39. The summed E-state index contributed by atoms with van der Waals surface area (Å²) in [5.74, 6) is -2.11. The van der Waals surface area contributed by atoms with E-state index in [0.29, 0.717) is 18.2 Å². The summed E-state index contributed by atoms with van der Waals surface area (Å²) < 4.78 is 28.4. The van der Waals surface area contributed by atoms with E-state index >= 15 is 0 Å². The second-order valence-corrected chi connectivity index (χ2v) is 7.74. The number of benzene rings is 2. The Morgan fingerprint density at radius 1 is 1.11 bits per heavy atom. The maximum Gasteiger partial charge on any atom is 0.263 e. The number of carbonyl (C=O) groups excluding carboxylic acids is 1. The molecule has 142 valence electrons. The summed E-state index contributed by atoms with van der Waals surface area (Å²) in [6.07, 6.45) is 0. The predicted octanol–water partition coefficient (Wildman–Crippen LogP) is 4.40. The second-order valence-electron chi connectivity index (χ2n) is 6.73. The first kappa shape index (κ1) is 19.4. The third-order valence-corrected chi connectivity index (χ3v) is 5.53. The Kier molecular flexibility index (Phi) is 5.53. The minimum atomic E-state index is -0.872. The lowest BCUT2D eigenvalue weighted by Gasteiger charge is -2.22. The summed E-state index contributed by atoms with van der Waals surface area (Å²) in [5, 5.41) is 0.509. The largest absolute Gasteiger partial charge is 0.308 e. The van der Waals surface area contributed by atoms with E-state index in [4.69, 9.17) is 0 Å². The third-order valence-electron chi connectivity index (χ3n) is 4.48. The van der Waals surface area contributed by atoms with Crippen LogP contribution in [-0.4, -0.2) is 43.0 Å². The van der Waals surface area contributed by atoms with Crippen LogP contribution in [0.15, 0.2) is 30.3 Å². The number of rotatable bonds is 5. The summed E-state index contributed by atoms with van der Waals surface area (Å²) in [7, 11) is 3.79. The number of likely N-dealkylation sites (N-methyl/N-ethyl adjacent to an activating group) is 1. The maximum atomic E-state index is 14.2. The number of anilines is 1. The van der Waals surface area contributed by atoms with Gasteiger partial charge in [-0.3, -0.25) is 9.69 Å². The van der Waals surface area contributed by atoms with Crippen molar-refractivity contribution in [3.63, 3.8) is 0 Å². The fourth-order valence-corrected chi connectivity index (χ4v) is 3.77. The maximum absolute atomic E-state index is 14.2. The number of carbonyl (C=O) groups is 1. The molecule has 3 aromatic rings. The lowest BCUT2D eigenvalue weighted by Crippen LogP contribution is -2.37. The molecule has 0 N–H and O–H groups in total. The molecule has 0 fully saturated rings. The Hall–Kier alpha value is -2.38. The normalized spacial score (nSPS) is 11.4. The number of amides is 1. The Morgan fingerprint density at radius 2 is 1.85 bits per heavy atom. The van der Waals surface area contributed by atoms with Crippen molar-refractivity contribution in [3.05, 3.63) is 58.7 Å². The molecule has 0 aliphatic heterocycles. The van der Waals surface area contributed by atoms with E-state index in [0.717, 1.165) is 33.5 Å². The highest BCUT2D eigenvalue weighted by Gasteiger charge is 2.24. The van der Waals surface area contributed by atoms with Crippen molar-refractivity contribution in [1.29, 1.82) is 0 Å². The molecule has 7 heteroatoms. The number of hydrogen-bond acceptors (Lipinski definition) is 4. The van der Waals surface area contributed by atoms with E-state index in [1.165, 1.54) is 22.3 Å². The molecular weight excluding hydrogens is 368 g/mol. The number of aryl methyl sites for hydroxylation is 2. The van der Waals surface area contributed by atoms with Crippen molar-refractivity contribution in [3.8, 4) is 0 Å². The van der Waals surface area contributed by atoms with Gasteiger partial charge in [-0.05, 0) is 57.3 Å². The first-order valence-electron chi connectivity index (χ1n) is 8.56. The van der Waals surface area contributed by atoms with E-state index in [-0.39, 0.29) is 5.56 Å². The number of hydrogen-bond donors (Lipinski definition) is 0. The highest BCUT2D eigenvalue weighted by molar-refractivity contribution is 7.22. The van der Waals surface area contributed by atoms with E-state index < -0.39 is 17.5 Å². The average Bonchev–Trinajstić information content (AvgIpc) is 3.02. The molecule has 1 heterocycles. The van der Waals surface area contributed by atoms with Crippen LogP contribution in [0.3, 0.4) is 0 Å². The Balaban J connectivity index is 2.05. The molecular formula is C20H21F2N3OS. The highest BCUT2D eigenvalue weighted by Crippen LogP contribution is 2.32. The van der Waals surface area contributed by atoms with Gasteiger partial charge in [0.15, 0.2) is 5.13 Å². The molecule has 1 aromatic heterocycles. The zero-order valence-corrected chi connectivity index (χ0v) is 16.5. The second kappa shape index (κ2) is 7.70. The monoisotopic (exact) mass is 389 g/mol. The van der Waals surface area contributed by atoms with Crippen molar-refractivity contribution < 1.29 is 13.6 Å². The van der Waals surface area contributed by atoms with Crippen molar-refractivity contribution in [2.75, 3.05) is 32.1 Å². The Morgan fingerprint density at radius 3 is 2.52 bits per heavy atom. The van der Waals surface area contributed by atoms with Crippen LogP contribution >= 0.6 is 11.3 Å². The topological polar surface area (TPSA) is 36.4 Å². The van der Waals surface area contributed by atoms with Gasteiger partial charge in [0.1, 0.15) is 11.6 Å². The first-order valence-corrected chi connectivity index (χ1v) is 9.38. The molecule has 0 spiro atoms. The van der Waals surface area contributed by atoms with Crippen molar-refractivity contribution in [1.82, 2.24) is 9.88 Å². The van der Waals surface area contributed by atoms with Crippen LogP contribution in [0.2, 0.25) is 0 Å². The molecule has 4 nitrogen and oxygen atoms in total. The van der Waals surface area contributed by atoms with Gasteiger partial charge in [-0.15, -0.1) is 0 Å². The van der Waals surface area contributed by atoms with Gasteiger partial charge in [-0.1, -0.05) is 17.4 Å². The lowest BCUT2D eigenvalue weighted by molar-refractivity contribution is 0.0981. The van der Waals surface area contributed by atoms with Crippen LogP contribution in [0.1, 0.15) is 21.5 Å². The van der Waals surface area contributed by atoms with Gasteiger partial charge in [0.25, 0.3) is 5.91 Å². The zero-order chi connectivity index (χ0) is 19.7. The van der Waals surface area contributed by atoms with Crippen molar-refractivity contribution in [2.24, 2.45) is 0 Å². The molecule has 3 rings (SSSR count). The van der Waals surface area contributed by atoms with Gasteiger partial charge in [0.05, 0.1) is 15.8 Å². The number of thiazole rings is 1. The predicted molar refractivity (Wildman–Crippen MR) is 106 cm³/mol. The van der Waals surface area contributed by atoms with E-state index in [1.54, 1.807) is 0 Å². The lowest BCUT2D eigenvalue weighted by atomic mass is 10.1. The van der Waals surface area contributed by atoms with Crippen molar-refractivity contribution >= 4 is 32.6 Å². The van der Waals surface area contributed by atoms with Crippen LogP contribution < -0.4 is 4.90 Å². The van der Waals surface area contributed by atoms with Gasteiger partial charge in [0, 0.05) is 19.2 Å². The summed E-state index contributed by atoms with van der Waals surface area (Å²) in [4.78, 5) is 21.1. The van der Waals surface area contributed by atoms with Crippen LogP contribution in [0.4, 0.5) is 13.9 Å². The summed E-state index contributed by atoms with van der Waals surface area (Å²) in [6, 6.07) is 6.99. The standard InChI is InChI=1S/C20H21F2N3OS/c1-12-5-8-17-18(13(12)2)23-20(27-17)25(10-9-24(3)4)19(26)15-7-6-14(21)11-16(15)22/h5-8,11H,9-10H2,1-4H3. The molecule has 0 saturated heterocycles. The minimum absolute atomic E-state index is 0.165. The Bertz CT molecular complexity index is 1000.